The highest BCUT2D eigenvalue weighted by Gasteiger charge is 2.37. The summed E-state index contributed by atoms with van der Waals surface area (Å²) in [5.41, 5.74) is 3.41. The summed E-state index contributed by atoms with van der Waals surface area (Å²) < 4.78 is 0. The van der Waals surface area contributed by atoms with Crippen LogP contribution in [-0.2, 0) is 0 Å². The molecule has 2 nitrogen and oxygen atoms in total. The van der Waals surface area contributed by atoms with Crippen LogP contribution in [0.5, 0.6) is 0 Å². The molecule has 0 N–H and O–H groups in total. The second-order valence-electron chi connectivity index (χ2n) is 5.11. The SMILES string of the molecule is CN1C(Cl)=NC(c2ccccc2)=C2Sc3ccccc3C21. The van der Waals surface area contributed by atoms with Gasteiger partial charge in [0, 0.05) is 22.4 Å². The second kappa shape index (κ2) is 4.93. The molecule has 1 atom stereocenters. The Labute approximate surface area is 133 Å². The molecule has 0 fully saturated rings. The minimum Gasteiger partial charge on any atom is -0.338 e. The average molecular weight is 313 g/mol. The number of likely N-dealkylation sites (N-methyl/N-ethyl adjacent to an activating group) is 1. The Hall–Kier alpha value is -1.71. The molecule has 104 valence electrons. The van der Waals surface area contributed by atoms with E-state index in [0.29, 0.717) is 5.29 Å². The van der Waals surface area contributed by atoms with E-state index in [1.807, 2.05) is 30.1 Å². The van der Waals surface area contributed by atoms with Gasteiger partial charge in [-0.15, -0.1) is 0 Å². The van der Waals surface area contributed by atoms with E-state index in [9.17, 15) is 0 Å². The van der Waals surface area contributed by atoms with Crippen molar-refractivity contribution in [1.82, 2.24) is 4.90 Å². The number of benzene rings is 2. The number of fused-ring (bicyclic) bond motifs is 3. The lowest BCUT2D eigenvalue weighted by atomic mass is 10.0. The van der Waals surface area contributed by atoms with Crippen LogP contribution in [0.3, 0.4) is 0 Å². The van der Waals surface area contributed by atoms with E-state index in [1.165, 1.54) is 15.4 Å². The first-order valence-electron chi connectivity index (χ1n) is 6.79. The van der Waals surface area contributed by atoms with E-state index in [4.69, 9.17) is 11.6 Å². The van der Waals surface area contributed by atoms with Crippen LogP contribution in [0.2, 0.25) is 0 Å². The van der Waals surface area contributed by atoms with Gasteiger partial charge < -0.3 is 4.90 Å². The summed E-state index contributed by atoms with van der Waals surface area (Å²) in [4.78, 5) is 9.22. The van der Waals surface area contributed by atoms with Crippen molar-refractivity contribution in [2.24, 2.45) is 4.99 Å². The lowest BCUT2D eigenvalue weighted by Gasteiger charge is -2.31. The van der Waals surface area contributed by atoms with Gasteiger partial charge >= 0.3 is 0 Å². The Morgan fingerprint density at radius 2 is 1.76 bits per heavy atom. The van der Waals surface area contributed by atoms with Gasteiger partial charge in [0.15, 0.2) is 5.29 Å². The number of halogens is 1. The number of nitrogens with zero attached hydrogens (tertiary/aromatic N) is 2. The Morgan fingerprint density at radius 1 is 1.05 bits per heavy atom. The van der Waals surface area contributed by atoms with Crippen LogP contribution in [0.15, 0.2) is 69.4 Å². The van der Waals surface area contributed by atoms with E-state index < -0.39 is 0 Å². The Morgan fingerprint density at radius 3 is 2.57 bits per heavy atom. The monoisotopic (exact) mass is 312 g/mol. The predicted octanol–water partition coefficient (Wildman–Crippen LogP) is 4.74. The third-order valence-corrected chi connectivity index (χ3v) is 5.42. The van der Waals surface area contributed by atoms with Gasteiger partial charge in [0.1, 0.15) is 0 Å². The fraction of sp³-hybridized carbons (Fsp3) is 0.118. The molecule has 0 saturated heterocycles. The maximum absolute atomic E-state index is 6.38. The number of hydrogen-bond acceptors (Lipinski definition) is 3. The van der Waals surface area contributed by atoms with Crippen molar-refractivity contribution in [3.05, 3.63) is 70.6 Å². The fourth-order valence-corrected chi connectivity index (χ4v) is 4.33. The summed E-state index contributed by atoms with van der Waals surface area (Å²) >= 11 is 8.18. The third kappa shape index (κ3) is 2.00. The molecule has 0 aromatic heterocycles. The Balaban J connectivity index is 1.93. The molecule has 0 radical (unpaired) electrons. The zero-order valence-corrected chi connectivity index (χ0v) is 13.0. The van der Waals surface area contributed by atoms with Gasteiger partial charge in [0.05, 0.1) is 11.7 Å². The fourth-order valence-electron chi connectivity index (χ4n) is 2.81. The van der Waals surface area contributed by atoms with Gasteiger partial charge in [-0.25, -0.2) is 4.99 Å². The number of amidine groups is 1. The van der Waals surface area contributed by atoms with Crippen molar-refractivity contribution in [2.75, 3.05) is 7.05 Å². The van der Waals surface area contributed by atoms with Crippen LogP contribution < -0.4 is 0 Å². The first-order valence-corrected chi connectivity index (χ1v) is 7.98. The molecule has 2 aromatic rings. The topological polar surface area (TPSA) is 15.6 Å². The molecular formula is C17H13ClN2S. The van der Waals surface area contributed by atoms with Gasteiger partial charge in [-0.1, -0.05) is 60.3 Å². The maximum Gasteiger partial charge on any atom is 0.199 e. The first-order chi connectivity index (χ1) is 10.3. The molecule has 21 heavy (non-hydrogen) atoms. The van der Waals surface area contributed by atoms with Crippen molar-refractivity contribution >= 4 is 34.4 Å². The molecule has 4 heteroatoms. The summed E-state index contributed by atoms with van der Waals surface area (Å²) in [5.74, 6) is 0. The summed E-state index contributed by atoms with van der Waals surface area (Å²) in [6.45, 7) is 0. The van der Waals surface area contributed by atoms with Crippen molar-refractivity contribution < 1.29 is 0 Å². The minimum absolute atomic E-state index is 0.173. The zero-order chi connectivity index (χ0) is 14.4. The highest BCUT2D eigenvalue weighted by Crippen LogP contribution is 2.54. The van der Waals surface area contributed by atoms with E-state index in [-0.39, 0.29) is 6.04 Å². The minimum atomic E-state index is 0.173. The van der Waals surface area contributed by atoms with Crippen molar-refractivity contribution in [3.8, 4) is 0 Å². The summed E-state index contributed by atoms with van der Waals surface area (Å²) in [7, 11) is 2.00. The quantitative estimate of drug-likeness (QED) is 0.707. The molecule has 0 bridgehead atoms. The number of rotatable bonds is 1. The Bertz CT molecular complexity index is 767. The third-order valence-electron chi connectivity index (χ3n) is 3.84. The van der Waals surface area contributed by atoms with Crippen LogP contribution in [0.4, 0.5) is 0 Å². The highest BCUT2D eigenvalue weighted by molar-refractivity contribution is 8.03. The predicted molar refractivity (Wildman–Crippen MR) is 89.5 cm³/mol. The molecule has 2 aliphatic rings. The van der Waals surface area contributed by atoms with Gasteiger partial charge in [-0.05, 0) is 23.2 Å². The van der Waals surface area contributed by atoms with Gasteiger partial charge in [0.2, 0.25) is 0 Å². The summed E-state index contributed by atoms with van der Waals surface area (Å²) in [6, 6.07) is 18.9. The number of hydrogen-bond donors (Lipinski definition) is 0. The Kier molecular flexibility index (Phi) is 3.05. The van der Waals surface area contributed by atoms with E-state index in [2.05, 4.69) is 41.4 Å². The van der Waals surface area contributed by atoms with Crippen LogP contribution in [-0.4, -0.2) is 17.2 Å². The second-order valence-corrected chi connectivity index (χ2v) is 6.53. The van der Waals surface area contributed by atoms with E-state index >= 15 is 0 Å². The molecule has 4 rings (SSSR count). The van der Waals surface area contributed by atoms with Crippen molar-refractivity contribution in [2.45, 2.75) is 10.9 Å². The molecule has 0 aliphatic carbocycles. The maximum atomic E-state index is 6.38. The van der Waals surface area contributed by atoms with E-state index in [0.717, 1.165) is 11.3 Å². The number of thioether (sulfide) groups is 1. The van der Waals surface area contributed by atoms with Crippen molar-refractivity contribution in [1.29, 1.82) is 0 Å². The molecule has 0 saturated carbocycles. The van der Waals surface area contributed by atoms with Crippen LogP contribution in [0, 0.1) is 0 Å². The van der Waals surface area contributed by atoms with Gasteiger partial charge in [0.25, 0.3) is 0 Å². The molecule has 0 amide bonds. The standard InChI is InChI=1S/C17H13ClN2S/c1-20-15-12-9-5-6-10-13(12)21-16(15)14(19-17(20)18)11-7-3-2-4-8-11/h2-10,15H,1H3. The summed E-state index contributed by atoms with van der Waals surface area (Å²) in [6.07, 6.45) is 0. The van der Waals surface area contributed by atoms with Crippen LogP contribution >= 0.6 is 23.4 Å². The molecular weight excluding hydrogens is 300 g/mol. The van der Waals surface area contributed by atoms with Crippen LogP contribution in [0.25, 0.3) is 5.70 Å². The molecule has 2 aromatic carbocycles. The number of aliphatic imine (C=N–C) groups is 1. The van der Waals surface area contributed by atoms with Crippen LogP contribution in [0.1, 0.15) is 17.2 Å². The molecule has 1 unspecified atom stereocenters. The zero-order valence-electron chi connectivity index (χ0n) is 11.5. The molecule has 2 heterocycles. The smallest absolute Gasteiger partial charge is 0.199 e. The molecule has 2 aliphatic heterocycles. The highest BCUT2D eigenvalue weighted by atomic mass is 35.5. The normalized spacial score (nSPS) is 20.2. The lowest BCUT2D eigenvalue weighted by Crippen LogP contribution is -2.30. The lowest BCUT2D eigenvalue weighted by molar-refractivity contribution is 0.437. The summed E-state index contributed by atoms with van der Waals surface area (Å²) in [5, 5.41) is 0.542. The molecule has 0 spiro atoms. The largest absolute Gasteiger partial charge is 0.338 e. The van der Waals surface area contributed by atoms with Crippen molar-refractivity contribution in [3.63, 3.8) is 0 Å². The van der Waals surface area contributed by atoms with Gasteiger partial charge in [-0.2, -0.15) is 0 Å². The van der Waals surface area contributed by atoms with Gasteiger partial charge in [-0.3, -0.25) is 0 Å². The first kappa shape index (κ1) is 13.0. The average Bonchev–Trinajstić information content (AvgIpc) is 2.91. The van der Waals surface area contributed by atoms with E-state index in [1.54, 1.807) is 11.8 Å².